The Balaban J connectivity index is 1.91. The molecule has 0 saturated heterocycles. The summed E-state index contributed by atoms with van der Waals surface area (Å²) in [5.41, 5.74) is 0.835. The van der Waals surface area contributed by atoms with E-state index in [1.54, 1.807) is 0 Å². The number of benzene rings is 1. The molecule has 0 fully saturated rings. The number of imidazole rings is 1. The smallest absolute Gasteiger partial charge is 0.318 e. The van der Waals surface area contributed by atoms with Gasteiger partial charge in [0.2, 0.25) is 0 Å². The van der Waals surface area contributed by atoms with Crippen LogP contribution < -0.4 is 5.32 Å². The van der Waals surface area contributed by atoms with Crippen LogP contribution in [0.5, 0.6) is 0 Å². The van der Waals surface area contributed by atoms with Gasteiger partial charge in [0.1, 0.15) is 6.04 Å². The zero-order chi connectivity index (χ0) is 19.6. The van der Waals surface area contributed by atoms with E-state index >= 15 is 0 Å². The fourth-order valence-corrected chi connectivity index (χ4v) is 3.04. The molecule has 144 valence electrons. The van der Waals surface area contributed by atoms with Crippen molar-refractivity contribution in [2.75, 3.05) is 20.2 Å². The van der Waals surface area contributed by atoms with Gasteiger partial charge in [-0.2, -0.15) is 0 Å². The molecule has 0 saturated carbocycles. The third kappa shape index (κ3) is 3.60. The molecular formula is C17H17F3N4O3. The van der Waals surface area contributed by atoms with Crippen molar-refractivity contribution in [2.24, 2.45) is 0 Å². The minimum atomic E-state index is -1.61. The number of amides is 2. The van der Waals surface area contributed by atoms with E-state index in [2.05, 4.69) is 20.0 Å². The Bertz CT molecular complexity index is 871. The number of hydrogen-bond acceptors (Lipinski definition) is 4. The third-order valence-corrected chi connectivity index (χ3v) is 4.38. The van der Waals surface area contributed by atoms with Crippen LogP contribution in [0.1, 0.15) is 29.4 Å². The first-order valence-corrected chi connectivity index (χ1v) is 8.20. The number of ether oxygens (including phenoxy) is 1. The summed E-state index contributed by atoms with van der Waals surface area (Å²) in [6.07, 6.45) is 1.80. The number of carbonyl (C=O) groups is 2. The van der Waals surface area contributed by atoms with Crippen molar-refractivity contribution in [3.63, 3.8) is 0 Å². The van der Waals surface area contributed by atoms with Gasteiger partial charge in [-0.3, -0.25) is 4.79 Å². The van der Waals surface area contributed by atoms with Gasteiger partial charge in [-0.05, 0) is 6.07 Å². The van der Waals surface area contributed by atoms with E-state index in [1.807, 2.05) is 0 Å². The number of carbonyl (C=O) groups excluding carboxylic acids is 2. The lowest BCUT2D eigenvalue weighted by Crippen LogP contribution is -2.46. The predicted octanol–water partition coefficient (Wildman–Crippen LogP) is 2.05. The SMILES string of the molecule is COC(=O)CCNC(=O)N1CCc2[nH]cnc2[C@H]1c1ccc(F)c(F)c1F. The van der Waals surface area contributed by atoms with E-state index in [1.165, 1.54) is 18.3 Å². The average Bonchev–Trinajstić information content (AvgIpc) is 3.14. The summed E-state index contributed by atoms with van der Waals surface area (Å²) in [7, 11) is 1.23. The molecule has 3 rings (SSSR count). The molecule has 0 bridgehead atoms. The largest absolute Gasteiger partial charge is 0.469 e. The van der Waals surface area contributed by atoms with Gasteiger partial charge in [0.15, 0.2) is 17.5 Å². The molecule has 0 unspecified atom stereocenters. The summed E-state index contributed by atoms with van der Waals surface area (Å²) >= 11 is 0. The Hall–Kier alpha value is -3.04. The Morgan fingerprint density at radius 3 is 2.85 bits per heavy atom. The lowest BCUT2D eigenvalue weighted by atomic mass is 9.95. The molecule has 0 aliphatic carbocycles. The van der Waals surface area contributed by atoms with Gasteiger partial charge in [-0.25, -0.2) is 22.9 Å². The summed E-state index contributed by atoms with van der Waals surface area (Å²) in [5.74, 6) is -4.79. The number of aromatic nitrogens is 2. The van der Waals surface area contributed by atoms with Gasteiger partial charge in [0.25, 0.3) is 0 Å². The Morgan fingerprint density at radius 1 is 1.33 bits per heavy atom. The van der Waals surface area contributed by atoms with E-state index < -0.39 is 35.5 Å². The number of nitrogens with one attached hydrogen (secondary N) is 2. The molecule has 2 N–H and O–H groups in total. The van der Waals surface area contributed by atoms with Gasteiger partial charge < -0.3 is 19.9 Å². The number of methoxy groups -OCH3 is 1. The standard InChI is InChI=1S/C17H17F3N4O3/c1-27-12(25)4-6-21-17(26)24-7-5-11-15(23-8-22-11)16(24)9-2-3-10(18)14(20)13(9)19/h2-3,8,16H,4-7H2,1H3,(H,21,26)(H,22,23)/t16-/m1/s1. The number of rotatable bonds is 4. The molecule has 2 heterocycles. The number of H-pyrrole nitrogens is 1. The Morgan fingerprint density at radius 2 is 2.11 bits per heavy atom. The highest BCUT2D eigenvalue weighted by atomic mass is 19.2. The summed E-state index contributed by atoms with van der Waals surface area (Å²) in [5, 5.41) is 2.54. The summed E-state index contributed by atoms with van der Waals surface area (Å²) < 4.78 is 46.0. The van der Waals surface area contributed by atoms with Crippen LogP contribution in [0, 0.1) is 17.5 Å². The second-order valence-electron chi connectivity index (χ2n) is 5.93. The van der Waals surface area contributed by atoms with Crippen molar-refractivity contribution in [1.29, 1.82) is 0 Å². The summed E-state index contributed by atoms with van der Waals surface area (Å²) in [6.45, 7) is 0.213. The van der Waals surface area contributed by atoms with E-state index in [0.717, 1.165) is 12.1 Å². The molecule has 10 heteroatoms. The highest BCUT2D eigenvalue weighted by molar-refractivity contribution is 5.77. The maximum atomic E-state index is 14.4. The highest BCUT2D eigenvalue weighted by Crippen LogP contribution is 2.35. The molecule has 1 aliphatic rings. The van der Waals surface area contributed by atoms with E-state index in [4.69, 9.17) is 0 Å². The Kier molecular flexibility index (Phi) is 5.33. The van der Waals surface area contributed by atoms with Crippen LogP contribution in [0.3, 0.4) is 0 Å². The first-order valence-electron chi connectivity index (χ1n) is 8.20. The molecule has 1 aromatic carbocycles. The molecule has 1 aliphatic heterocycles. The fourth-order valence-electron chi connectivity index (χ4n) is 3.04. The van der Waals surface area contributed by atoms with Crippen LogP contribution in [-0.4, -0.2) is 47.1 Å². The van der Waals surface area contributed by atoms with E-state index in [0.29, 0.717) is 17.8 Å². The van der Waals surface area contributed by atoms with Gasteiger partial charge in [0, 0.05) is 30.8 Å². The zero-order valence-electron chi connectivity index (χ0n) is 14.4. The van der Waals surface area contributed by atoms with Crippen molar-refractivity contribution in [1.82, 2.24) is 20.2 Å². The highest BCUT2D eigenvalue weighted by Gasteiger charge is 2.36. The first kappa shape index (κ1) is 18.7. The minimum Gasteiger partial charge on any atom is -0.469 e. The number of nitrogens with zero attached hydrogens (tertiary/aromatic N) is 2. The zero-order valence-corrected chi connectivity index (χ0v) is 14.4. The molecule has 1 aromatic heterocycles. The number of esters is 1. The second kappa shape index (κ2) is 7.68. The van der Waals surface area contributed by atoms with E-state index in [9.17, 15) is 22.8 Å². The Labute approximate surface area is 152 Å². The van der Waals surface area contributed by atoms with E-state index in [-0.39, 0.29) is 25.1 Å². The normalized spacial score (nSPS) is 16.0. The maximum Gasteiger partial charge on any atom is 0.318 e. The van der Waals surface area contributed by atoms with Crippen molar-refractivity contribution < 1.29 is 27.5 Å². The lowest BCUT2D eigenvalue weighted by molar-refractivity contribution is -0.140. The average molecular weight is 382 g/mol. The van der Waals surface area contributed by atoms with Crippen molar-refractivity contribution in [3.05, 3.63) is 52.9 Å². The molecule has 2 amide bonds. The molecule has 2 aromatic rings. The quantitative estimate of drug-likeness (QED) is 0.626. The van der Waals surface area contributed by atoms with Crippen LogP contribution >= 0.6 is 0 Å². The predicted molar refractivity (Wildman–Crippen MR) is 87.2 cm³/mol. The number of hydrogen-bond donors (Lipinski definition) is 2. The number of aromatic amines is 1. The number of fused-ring (bicyclic) bond motifs is 1. The van der Waals surface area contributed by atoms with Crippen molar-refractivity contribution >= 4 is 12.0 Å². The molecule has 0 radical (unpaired) electrons. The minimum absolute atomic E-state index is 0.0163. The van der Waals surface area contributed by atoms with Crippen LogP contribution in [0.15, 0.2) is 18.5 Å². The molecule has 7 nitrogen and oxygen atoms in total. The third-order valence-electron chi connectivity index (χ3n) is 4.38. The van der Waals surface area contributed by atoms with Crippen molar-refractivity contribution in [3.8, 4) is 0 Å². The second-order valence-corrected chi connectivity index (χ2v) is 5.93. The van der Waals surface area contributed by atoms with Crippen LogP contribution in [0.2, 0.25) is 0 Å². The van der Waals surface area contributed by atoms with Gasteiger partial charge in [-0.15, -0.1) is 0 Å². The van der Waals surface area contributed by atoms with Crippen LogP contribution in [0.4, 0.5) is 18.0 Å². The van der Waals surface area contributed by atoms with Gasteiger partial charge >= 0.3 is 12.0 Å². The number of halogens is 3. The molecule has 27 heavy (non-hydrogen) atoms. The van der Waals surface area contributed by atoms with Crippen LogP contribution in [0.25, 0.3) is 0 Å². The van der Waals surface area contributed by atoms with Crippen molar-refractivity contribution in [2.45, 2.75) is 18.9 Å². The maximum absolute atomic E-state index is 14.4. The first-order chi connectivity index (χ1) is 12.9. The summed E-state index contributed by atoms with van der Waals surface area (Å²) in [4.78, 5) is 32.1. The van der Waals surface area contributed by atoms with Crippen LogP contribution in [-0.2, 0) is 16.0 Å². The molecule has 1 atom stereocenters. The topological polar surface area (TPSA) is 87.3 Å². The molecule has 0 spiro atoms. The molecular weight excluding hydrogens is 365 g/mol. The fraction of sp³-hybridized carbons (Fsp3) is 0.353. The van der Waals surface area contributed by atoms with Gasteiger partial charge in [-0.1, -0.05) is 6.07 Å². The van der Waals surface area contributed by atoms with Gasteiger partial charge in [0.05, 0.1) is 25.6 Å². The summed E-state index contributed by atoms with van der Waals surface area (Å²) in [6, 6.07) is 0.286. The number of urea groups is 1. The monoisotopic (exact) mass is 382 g/mol. The lowest BCUT2D eigenvalue weighted by Gasteiger charge is -2.35.